The number of halogens is 1. The summed E-state index contributed by atoms with van der Waals surface area (Å²) in [5, 5.41) is 3.79. The number of rotatable bonds is 5. The van der Waals surface area contributed by atoms with Crippen LogP contribution >= 0.6 is 0 Å². The van der Waals surface area contributed by atoms with Crippen molar-refractivity contribution in [2.45, 2.75) is 6.54 Å². The highest BCUT2D eigenvalue weighted by molar-refractivity contribution is 6.07. The SMILES string of the molecule is CN1CCN(c2ccc(CNC(=O)c3cc(-c4ccc(F)cc4)nc4ccccc34)cn2)CC1. The number of hydrogen-bond acceptors (Lipinski definition) is 5. The predicted molar refractivity (Wildman–Crippen MR) is 132 cm³/mol. The minimum absolute atomic E-state index is 0.190. The van der Waals surface area contributed by atoms with E-state index in [2.05, 4.69) is 32.1 Å². The van der Waals surface area contributed by atoms with Crippen LogP contribution in [-0.2, 0) is 6.54 Å². The molecule has 1 aliphatic rings. The molecule has 0 atom stereocenters. The van der Waals surface area contributed by atoms with Gasteiger partial charge < -0.3 is 15.1 Å². The average molecular weight is 456 g/mol. The fourth-order valence-corrected chi connectivity index (χ4v) is 4.15. The monoisotopic (exact) mass is 455 g/mol. The molecule has 7 heteroatoms. The molecule has 1 amide bonds. The van der Waals surface area contributed by atoms with Gasteiger partial charge in [0.2, 0.25) is 0 Å². The van der Waals surface area contributed by atoms with Gasteiger partial charge in [-0.05, 0) is 55.1 Å². The molecule has 0 spiro atoms. The molecule has 1 N–H and O–H groups in total. The lowest BCUT2D eigenvalue weighted by atomic mass is 10.0. The summed E-state index contributed by atoms with van der Waals surface area (Å²) in [7, 11) is 2.13. The van der Waals surface area contributed by atoms with Gasteiger partial charge in [-0.2, -0.15) is 0 Å². The molecule has 6 nitrogen and oxygen atoms in total. The lowest BCUT2D eigenvalue weighted by Gasteiger charge is -2.33. The molecular formula is C27H26FN5O. The minimum Gasteiger partial charge on any atom is -0.354 e. The lowest BCUT2D eigenvalue weighted by molar-refractivity contribution is 0.0952. The first kappa shape index (κ1) is 22.0. The van der Waals surface area contributed by atoms with Crippen LogP contribution < -0.4 is 10.2 Å². The van der Waals surface area contributed by atoms with E-state index in [0.717, 1.165) is 48.5 Å². The Morgan fingerprint density at radius 3 is 2.50 bits per heavy atom. The van der Waals surface area contributed by atoms with Gasteiger partial charge in [-0.15, -0.1) is 0 Å². The average Bonchev–Trinajstić information content (AvgIpc) is 2.88. The standard InChI is InChI=1S/C27H26FN5O/c1-32-12-14-33(15-13-32)26-11-6-19(17-29-26)18-30-27(34)23-16-25(20-7-9-21(28)10-8-20)31-24-5-3-2-4-22(23)24/h2-11,16-17H,12-15,18H2,1H3,(H,30,34). The lowest BCUT2D eigenvalue weighted by Crippen LogP contribution is -2.44. The maximum absolute atomic E-state index is 13.4. The van der Waals surface area contributed by atoms with E-state index in [1.165, 1.54) is 12.1 Å². The number of aromatic nitrogens is 2. The van der Waals surface area contributed by atoms with Gasteiger partial charge in [-0.3, -0.25) is 4.79 Å². The van der Waals surface area contributed by atoms with E-state index in [0.29, 0.717) is 23.3 Å². The third-order valence-electron chi connectivity index (χ3n) is 6.19. The minimum atomic E-state index is -0.310. The first-order valence-electron chi connectivity index (χ1n) is 11.4. The first-order valence-corrected chi connectivity index (χ1v) is 11.4. The van der Waals surface area contributed by atoms with Crippen molar-refractivity contribution in [3.63, 3.8) is 0 Å². The molecule has 1 aliphatic heterocycles. The molecular weight excluding hydrogens is 429 g/mol. The molecule has 2 aromatic heterocycles. The predicted octanol–water partition coefficient (Wildman–Crippen LogP) is 4.12. The van der Waals surface area contributed by atoms with Gasteiger partial charge in [0.05, 0.1) is 16.8 Å². The van der Waals surface area contributed by atoms with Crippen LogP contribution in [-0.4, -0.2) is 54.0 Å². The van der Waals surface area contributed by atoms with E-state index in [1.807, 2.05) is 42.6 Å². The van der Waals surface area contributed by atoms with Gasteiger partial charge >= 0.3 is 0 Å². The molecule has 1 fully saturated rings. The van der Waals surface area contributed by atoms with Gasteiger partial charge in [0.25, 0.3) is 5.91 Å². The molecule has 2 aromatic carbocycles. The summed E-state index contributed by atoms with van der Waals surface area (Å²) >= 11 is 0. The summed E-state index contributed by atoms with van der Waals surface area (Å²) in [6.07, 6.45) is 1.82. The quantitative estimate of drug-likeness (QED) is 0.491. The summed E-state index contributed by atoms with van der Waals surface area (Å²) < 4.78 is 13.4. The Morgan fingerprint density at radius 1 is 1.00 bits per heavy atom. The van der Waals surface area contributed by atoms with Crippen molar-refractivity contribution < 1.29 is 9.18 Å². The number of anilines is 1. The zero-order valence-corrected chi connectivity index (χ0v) is 19.0. The molecule has 0 radical (unpaired) electrons. The fraction of sp³-hybridized carbons (Fsp3) is 0.222. The Kier molecular flexibility index (Phi) is 6.18. The van der Waals surface area contributed by atoms with Crippen LogP contribution in [0.3, 0.4) is 0 Å². The molecule has 34 heavy (non-hydrogen) atoms. The topological polar surface area (TPSA) is 61.4 Å². The molecule has 5 rings (SSSR count). The summed E-state index contributed by atoms with van der Waals surface area (Å²) in [5.41, 5.74) is 3.56. The van der Waals surface area contributed by atoms with E-state index in [4.69, 9.17) is 0 Å². The Balaban J connectivity index is 1.33. The van der Waals surface area contributed by atoms with Crippen LogP contribution in [0.2, 0.25) is 0 Å². The number of carbonyl (C=O) groups is 1. The number of piperazine rings is 1. The second kappa shape index (κ2) is 9.57. The largest absolute Gasteiger partial charge is 0.354 e. The molecule has 4 aromatic rings. The number of amides is 1. The third-order valence-corrected chi connectivity index (χ3v) is 6.19. The highest BCUT2D eigenvalue weighted by Gasteiger charge is 2.16. The smallest absolute Gasteiger partial charge is 0.252 e. The van der Waals surface area contributed by atoms with Crippen molar-refractivity contribution >= 4 is 22.6 Å². The van der Waals surface area contributed by atoms with Crippen LogP contribution in [0.5, 0.6) is 0 Å². The molecule has 172 valence electrons. The number of para-hydroxylation sites is 1. The highest BCUT2D eigenvalue weighted by Crippen LogP contribution is 2.25. The van der Waals surface area contributed by atoms with E-state index in [1.54, 1.807) is 18.2 Å². The summed E-state index contributed by atoms with van der Waals surface area (Å²) in [5.74, 6) is 0.465. The van der Waals surface area contributed by atoms with Gasteiger partial charge in [0, 0.05) is 49.9 Å². The number of nitrogens with one attached hydrogen (secondary N) is 1. The van der Waals surface area contributed by atoms with E-state index in [-0.39, 0.29) is 11.7 Å². The zero-order chi connectivity index (χ0) is 23.5. The molecule has 3 heterocycles. The van der Waals surface area contributed by atoms with Crippen LogP contribution in [0.15, 0.2) is 72.9 Å². The number of carbonyl (C=O) groups excluding carboxylic acids is 1. The van der Waals surface area contributed by atoms with Crippen molar-refractivity contribution in [3.8, 4) is 11.3 Å². The van der Waals surface area contributed by atoms with Gasteiger partial charge in [-0.25, -0.2) is 14.4 Å². The number of fused-ring (bicyclic) bond motifs is 1. The van der Waals surface area contributed by atoms with E-state index in [9.17, 15) is 9.18 Å². The van der Waals surface area contributed by atoms with E-state index >= 15 is 0 Å². The van der Waals surface area contributed by atoms with Crippen LogP contribution in [0.25, 0.3) is 22.2 Å². The Bertz CT molecular complexity index is 1300. The van der Waals surface area contributed by atoms with Gasteiger partial charge in [0.15, 0.2) is 0 Å². The maximum atomic E-state index is 13.4. The number of benzene rings is 2. The summed E-state index contributed by atoms with van der Waals surface area (Å²) in [4.78, 5) is 27.1. The normalized spacial score (nSPS) is 14.4. The summed E-state index contributed by atoms with van der Waals surface area (Å²) in [6.45, 7) is 4.35. The fourth-order valence-electron chi connectivity index (χ4n) is 4.15. The second-order valence-electron chi connectivity index (χ2n) is 8.58. The Morgan fingerprint density at radius 2 is 1.76 bits per heavy atom. The van der Waals surface area contributed by atoms with Crippen molar-refractivity contribution in [2.24, 2.45) is 0 Å². The number of hydrogen-bond donors (Lipinski definition) is 1. The van der Waals surface area contributed by atoms with Crippen molar-refractivity contribution in [1.82, 2.24) is 20.2 Å². The van der Waals surface area contributed by atoms with Gasteiger partial charge in [0.1, 0.15) is 11.6 Å². The third kappa shape index (κ3) is 4.75. The summed E-state index contributed by atoms with van der Waals surface area (Å²) in [6, 6.07) is 19.5. The Hall–Kier alpha value is -3.84. The van der Waals surface area contributed by atoms with Crippen molar-refractivity contribution in [1.29, 1.82) is 0 Å². The maximum Gasteiger partial charge on any atom is 0.252 e. The van der Waals surface area contributed by atoms with Gasteiger partial charge in [-0.1, -0.05) is 24.3 Å². The molecule has 0 aliphatic carbocycles. The number of nitrogens with zero attached hydrogens (tertiary/aromatic N) is 4. The molecule has 0 saturated carbocycles. The molecule has 0 unspecified atom stereocenters. The first-order chi connectivity index (χ1) is 16.6. The van der Waals surface area contributed by atoms with Crippen molar-refractivity contribution in [3.05, 3.63) is 89.9 Å². The number of likely N-dealkylation sites (N-methyl/N-ethyl adjacent to an activating group) is 1. The number of pyridine rings is 2. The molecule has 1 saturated heterocycles. The highest BCUT2D eigenvalue weighted by atomic mass is 19.1. The van der Waals surface area contributed by atoms with E-state index < -0.39 is 0 Å². The second-order valence-corrected chi connectivity index (χ2v) is 8.58. The van der Waals surface area contributed by atoms with Crippen LogP contribution in [0.1, 0.15) is 15.9 Å². The van der Waals surface area contributed by atoms with Crippen LogP contribution in [0.4, 0.5) is 10.2 Å². The zero-order valence-electron chi connectivity index (χ0n) is 19.0. The Labute approximate surface area is 198 Å². The molecule has 0 bridgehead atoms. The van der Waals surface area contributed by atoms with Crippen molar-refractivity contribution in [2.75, 3.05) is 38.1 Å². The van der Waals surface area contributed by atoms with Crippen LogP contribution in [0, 0.1) is 5.82 Å².